The molecule has 2 heterocycles. The summed E-state index contributed by atoms with van der Waals surface area (Å²) in [4.78, 5) is 16.4. The van der Waals surface area contributed by atoms with Gasteiger partial charge in [0.15, 0.2) is 0 Å². The van der Waals surface area contributed by atoms with Gasteiger partial charge in [0.25, 0.3) is 5.91 Å². The first-order chi connectivity index (χ1) is 9.51. The van der Waals surface area contributed by atoms with E-state index in [2.05, 4.69) is 20.7 Å². The van der Waals surface area contributed by atoms with Crippen LogP contribution in [0.15, 0.2) is 18.3 Å². The van der Waals surface area contributed by atoms with Crippen molar-refractivity contribution in [3.63, 3.8) is 0 Å². The summed E-state index contributed by atoms with van der Waals surface area (Å²) in [5.74, 6) is 0.572. The van der Waals surface area contributed by atoms with Gasteiger partial charge in [-0.15, -0.1) is 0 Å². The summed E-state index contributed by atoms with van der Waals surface area (Å²) in [5.41, 5.74) is 3.47. The lowest BCUT2D eigenvalue weighted by atomic mass is 10.2. The van der Waals surface area contributed by atoms with Crippen molar-refractivity contribution in [2.75, 3.05) is 12.4 Å². The summed E-state index contributed by atoms with van der Waals surface area (Å²) in [5, 5.41) is 10.00. The fourth-order valence-corrected chi connectivity index (χ4v) is 1.92. The highest BCUT2D eigenvalue weighted by atomic mass is 16.1. The highest BCUT2D eigenvalue weighted by molar-refractivity contribution is 5.94. The number of hydrogen-bond acceptors (Lipinski definition) is 4. The maximum absolute atomic E-state index is 12.2. The molecule has 2 N–H and O–H groups in total. The van der Waals surface area contributed by atoms with E-state index in [0.29, 0.717) is 17.9 Å². The van der Waals surface area contributed by atoms with E-state index in [1.165, 1.54) is 0 Å². The van der Waals surface area contributed by atoms with Crippen molar-refractivity contribution in [2.45, 2.75) is 20.4 Å². The van der Waals surface area contributed by atoms with Crippen molar-refractivity contribution < 1.29 is 4.79 Å². The van der Waals surface area contributed by atoms with E-state index in [1.807, 2.05) is 20.9 Å². The van der Waals surface area contributed by atoms with E-state index in [4.69, 9.17) is 0 Å². The van der Waals surface area contributed by atoms with Crippen LogP contribution in [-0.4, -0.2) is 27.7 Å². The summed E-state index contributed by atoms with van der Waals surface area (Å²) in [6, 6.07) is 3.50. The van der Waals surface area contributed by atoms with Gasteiger partial charge in [-0.25, -0.2) is 4.98 Å². The molecular weight excluding hydrogens is 254 g/mol. The zero-order chi connectivity index (χ0) is 14.7. The molecule has 20 heavy (non-hydrogen) atoms. The van der Waals surface area contributed by atoms with Gasteiger partial charge in [-0.2, -0.15) is 5.10 Å². The molecule has 0 fully saturated rings. The molecule has 2 aromatic rings. The zero-order valence-electron chi connectivity index (χ0n) is 12.2. The first kappa shape index (κ1) is 14.0. The number of carbonyl (C=O) groups excluding carboxylic acids is 1. The molecule has 0 unspecified atom stereocenters. The van der Waals surface area contributed by atoms with E-state index >= 15 is 0 Å². The van der Waals surface area contributed by atoms with Crippen LogP contribution in [-0.2, 0) is 13.6 Å². The Morgan fingerprint density at radius 2 is 2.10 bits per heavy atom. The normalized spacial score (nSPS) is 10.4. The summed E-state index contributed by atoms with van der Waals surface area (Å²) in [6.07, 6.45) is 1.77. The van der Waals surface area contributed by atoms with Crippen LogP contribution >= 0.6 is 0 Å². The van der Waals surface area contributed by atoms with Crippen molar-refractivity contribution in [1.29, 1.82) is 0 Å². The average molecular weight is 273 g/mol. The smallest absolute Gasteiger partial charge is 0.251 e. The molecule has 6 nitrogen and oxygen atoms in total. The molecule has 6 heteroatoms. The fourth-order valence-electron chi connectivity index (χ4n) is 1.92. The first-order valence-electron chi connectivity index (χ1n) is 6.43. The Kier molecular flexibility index (Phi) is 4.02. The topological polar surface area (TPSA) is 71.8 Å². The Labute approximate surface area is 118 Å². The molecule has 0 saturated heterocycles. The van der Waals surface area contributed by atoms with Crippen LogP contribution in [0.5, 0.6) is 0 Å². The molecular formula is C14H19N5O. The lowest BCUT2D eigenvalue weighted by molar-refractivity contribution is 0.0950. The Morgan fingerprint density at radius 3 is 2.70 bits per heavy atom. The molecule has 0 saturated carbocycles. The molecule has 2 aromatic heterocycles. The van der Waals surface area contributed by atoms with Crippen LogP contribution in [0.4, 0.5) is 5.82 Å². The molecule has 1 amide bonds. The summed E-state index contributed by atoms with van der Waals surface area (Å²) in [6.45, 7) is 4.31. The van der Waals surface area contributed by atoms with Crippen LogP contribution in [0.1, 0.15) is 27.3 Å². The second-order valence-corrected chi connectivity index (χ2v) is 4.69. The van der Waals surface area contributed by atoms with Gasteiger partial charge in [-0.05, 0) is 26.0 Å². The SMILES string of the molecule is CNc1cc(C(=O)NCc2cnn(C)c2C)cc(C)n1. The number of amides is 1. The number of pyridine rings is 1. The maximum atomic E-state index is 12.2. The Balaban J connectivity index is 2.09. The predicted octanol–water partition coefficient (Wildman–Crippen LogP) is 1.40. The quantitative estimate of drug-likeness (QED) is 0.883. The molecule has 0 aromatic carbocycles. The number of aromatic nitrogens is 3. The van der Waals surface area contributed by atoms with Gasteiger partial charge < -0.3 is 10.6 Å². The van der Waals surface area contributed by atoms with Gasteiger partial charge in [0, 0.05) is 43.2 Å². The van der Waals surface area contributed by atoms with Gasteiger partial charge in [-0.3, -0.25) is 9.48 Å². The van der Waals surface area contributed by atoms with E-state index in [9.17, 15) is 4.79 Å². The minimum atomic E-state index is -0.116. The Bertz CT molecular complexity index is 632. The number of anilines is 1. The van der Waals surface area contributed by atoms with Crippen LogP contribution in [0.25, 0.3) is 0 Å². The number of hydrogen-bond donors (Lipinski definition) is 2. The maximum Gasteiger partial charge on any atom is 0.251 e. The van der Waals surface area contributed by atoms with E-state index < -0.39 is 0 Å². The van der Waals surface area contributed by atoms with Crippen molar-refractivity contribution in [3.05, 3.63) is 40.8 Å². The molecule has 0 aliphatic rings. The number of rotatable bonds is 4. The summed E-state index contributed by atoms with van der Waals surface area (Å²) >= 11 is 0. The monoisotopic (exact) mass is 273 g/mol. The van der Waals surface area contributed by atoms with Gasteiger partial charge in [0.1, 0.15) is 5.82 Å². The van der Waals surface area contributed by atoms with Crippen molar-refractivity contribution >= 4 is 11.7 Å². The first-order valence-corrected chi connectivity index (χ1v) is 6.43. The number of nitrogens with zero attached hydrogens (tertiary/aromatic N) is 3. The standard InChI is InChI=1S/C14H19N5O/c1-9-5-11(6-13(15-3)18-9)14(20)16-7-12-8-17-19(4)10(12)2/h5-6,8H,7H2,1-4H3,(H,15,18)(H,16,20). The largest absolute Gasteiger partial charge is 0.373 e. The van der Waals surface area contributed by atoms with E-state index in [-0.39, 0.29) is 5.91 Å². The predicted molar refractivity (Wildman–Crippen MR) is 77.6 cm³/mol. The molecule has 0 aliphatic heterocycles. The van der Waals surface area contributed by atoms with E-state index in [0.717, 1.165) is 17.0 Å². The second kappa shape index (κ2) is 5.73. The fraction of sp³-hybridized carbons (Fsp3) is 0.357. The summed E-state index contributed by atoms with van der Waals surface area (Å²) < 4.78 is 1.79. The van der Waals surface area contributed by atoms with Gasteiger partial charge in [0.05, 0.1) is 6.20 Å². The Hall–Kier alpha value is -2.37. The molecule has 2 rings (SSSR count). The molecule has 0 atom stereocenters. The third-order valence-corrected chi connectivity index (χ3v) is 3.25. The molecule has 0 spiro atoms. The molecule has 106 valence electrons. The summed E-state index contributed by atoms with van der Waals surface area (Å²) in [7, 11) is 3.66. The number of carbonyl (C=O) groups is 1. The van der Waals surface area contributed by atoms with Gasteiger partial charge >= 0.3 is 0 Å². The molecule has 0 aliphatic carbocycles. The minimum absolute atomic E-state index is 0.116. The minimum Gasteiger partial charge on any atom is -0.373 e. The lowest BCUT2D eigenvalue weighted by Crippen LogP contribution is -2.23. The van der Waals surface area contributed by atoms with Crippen molar-refractivity contribution in [1.82, 2.24) is 20.1 Å². The van der Waals surface area contributed by atoms with Crippen molar-refractivity contribution in [3.8, 4) is 0 Å². The highest BCUT2D eigenvalue weighted by Crippen LogP contribution is 2.10. The van der Waals surface area contributed by atoms with E-state index in [1.54, 1.807) is 30.1 Å². The molecule has 0 radical (unpaired) electrons. The number of nitrogens with one attached hydrogen (secondary N) is 2. The van der Waals surface area contributed by atoms with Crippen LogP contribution in [0.3, 0.4) is 0 Å². The Morgan fingerprint density at radius 1 is 1.35 bits per heavy atom. The second-order valence-electron chi connectivity index (χ2n) is 4.69. The average Bonchev–Trinajstić information content (AvgIpc) is 2.75. The number of aryl methyl sites for hydroxylation is 2. The van der Waals surface area contributed by atoms with Gasteiger partial charge in [0.2, 0.25) is 0 Å². The third-order valence-electron chi connectivity index (χ3n) is 3.25. The van der Waals surface area contributed by atoms with Crippen molar-refractivity contribution in [2.24, 2.45) is 7.05 Å². The van der Waals surface area contributed by atoms with Crippen LogP contribution < -0.4 is 10.6 Å². The molecule has 0 bridgehead atoms. The van der Waals surface area contributed by atoms with Crippen LogP contribution in [0.2, 0.25) is 0 Å². The van der Waals surface area contributed by atoms with Crippen LogP contribution in [0, 0.1) is 13.8 Å². The lowest BCUT2D eigenvalue weighted by Gasteiger charge is -2.08. The third kappa shape index (κ3) is 2.96. The van der Waals surface area contributed by atoms with Gasteiger partial charge in [-0.1, -0.05) is 0 Å². The highest BCUT2D eigenvalue weighted by Gasteiger charge is 2.10. The zero-order valence-corrected chi connectivity index (χ0v) is 12.2.